The van der Waals surface area contributed by atoms with E-state index >= 15 is 0 Å². The SMILES string of the molecule is CN=C(NCc1ccc(OC)c(NC(C)=O)c1)N1CCC(c2ccccc2)C(C)C1. The van der Waals surface area contributed by atoms with Crippen LogP contribution in [0.3, 0.4) is 0 Å². The maximum absolute atomic E-state index is 11.5. The van der Waals surface area contributed by atoms with Crippen LogP contribution in [0.5, 0.6) is 5.75 Å². The lowest BCUT2D eigenvalue weighted by molar-refractivity contribution is -0.114. The van der Waals surface area contributed by atoms with Gasteiger partial charge in [-0.2, -0.15) is 0 Å². The summed E-state index contributed by atoms with van der Waals surface area (Å²) in [5.41, 5.74) is 3.15. The van der Waals surface area contributed by atoms with E-state index in [9.17, 15) is 4.79 Å². The predicted octanol–water partition coefficient (Wildman–Crippen LogP) is 3.85. The van der Waals surface area contributed by atoms with Crippen LogP contribution in [0.2, 0.25) is 0 Å². The Bertz CT molecular complexity index is 882. The van der Waals surface area contributed by atoms with Gasteiger partial charge in [-0.15, -0.1) is 0 Å². The van der Waals surface area contributed by atoms with Gasteiger partial charge in [-0.05, 0) is 41.5 Å². The molecule has 6 nitrogen and oxygen atoms in total. The van der Waals surface area contributed by atoms with Crippen LogP contribution in [-0.4, -0.2) is 44.0 Å². The third-order valence-corrected chi connectivity index (χ3v) is 5.67. The van der Waals surface area contributed by atoms with E-state index in [1.54, 1.807) is 7.11 Å². The minimum atomic E-state index is -0.121. The normalized spacial score (nSPS) is 19.3. The average Bonchev–Trinajstić information content (AvgIpc) is 2.74. The van der Waals surface area contributed by atoms with Gasteiger partial charge in [-0.1, -0.05) is 43.3 Å². The van der Waals surface area contributed by atoms with Crippen LogP contribution in [0.4, 0.5) is 5.69 Å². The first-order valence-electron chi connectivity index (χ1n) is 10.5. The quantitative estimate of drug-likeness (QED) is 0.583. The van der Waals surface area contributed by atoms with Crippen LogP contribution < -0.4 is 15.4 Å². The van der Waals surface area contributed by atoms with E-state index in [1.807, 2.05) is 25.2 Å². The fraction of sp³-hybridized carbons (Fsp3) is 0.417. The number of likely N-dealkylation sites (tertiary alicyclic amines) is 1. The third kappa shape index (κ3) is 5.32. The minimum absolute atomic E-state index is 0.121. The fourth-order valence-electron chi connectivity index (χ4n) is 4.20. The number of piperidine rings is 1. The number of amides is 1. The van der Waals surface area contributed by atoms with E-state index in [0.29, 0.717) is 29.8 Å². The summed E-state index contributed by atoms with van der Waals surface area (Å²) in [7, 11) is 3.42. The standard InChI is InChI=1S/C24H32N4O2/c1-17-16-28(13-12-21(17)20-8-6-5-7-9-20)24(25-3)26-15-19-10-11-23(30-4)22(14-19)27-18(2)29/h5-11,14,17,21H,12-13,15-16H2,1-4H3,(H,25,26)(H,27,29). The van der Waals surface area contributed by atoms with Crippen molar-refractivity contribution in [2.75, 3.05) is 32.6 Å². The Morgan fingerprint density at radius 2 is 2.00 bits per heavy atom. The molecule has 1 amide bonds. The number of guanidine groups is 1. The summed E-state index contributed by atoms with van der Waals surface area (Å²) in [5.74, 6) is 2.57. The van der Waals surface area contributed by atoms with Gasteiger partial charge in [0.05, 0.1) is 12.8 Å². The van der Waals surface area contributed by atoms with Crippen molar-refractivity contribution in [2.24, 2.45) is 10.9 Å². The molecule has 160 valence electrons. The van der Waals surface area contributed by atoms with Gasteiger partial charge in [0, 0.05) is 33.6 Å². The molecule has 0 bridgehead atoms. The van der Waals surface area contributed by atoms with Crippen LogP contribution in [0.25, 0.3) is 0 Å². The largest absolute Gasteiger partial charge is 0.495 e. The maximum Gasteiger partial charge on any atom is 0.221 e. The van der Waals surface area contributed by atoms with E-state index in [0.717, 1.165) is 31.0 Å². The highest BCUT2D eigenvalue weighted by Crippen LogP contribution is 2.32. The number of hydrogen-bond donors (Lipinski definition) is 2. The number of anilines is 1. The number of carbonyl (C=O) groups excluding carboxylic acids is 1. The Hall–Kier alpha value is -3.02. The molecule has 0 aromatic heterocycles. The molecule has 2 unspecified atom stereocenters. The highest BCUT2D eigenvalue weighted by molar-refractivity contribution is 5.90. The summed E-state index contributed by atoms with van der Waals surface area (Å²) in [6.07, 6.45) is 1.11. The van der Waals surface area contributed by atoms with Crippen LogP contribution in [0, 0.1) is 5.92 Å². The summed E-state index contributed by atoms with van der Waals surface area (Å²) in [5, 5.41) is 6.29. The van der Waals surface area contributed by atoms with Gasteiger partial charge in [0.2, 0.25) is 5.91 Å². The first-order chi connectivity index (χ1) is 14.5. The zero-order valence-electron chi connectivity index (χ0n) is 18.3. The molecule has 2 aromatic rings. The second kappa shape index (κ2) is 10.1. The molecule has 3 rings (SSSR count). The molecule has 30 heavy (non-hydrogen) atoms. The monoisotopic (exact) mass is 408 g/mol. The summed E-state index contributed by atoms with van der Waals surface area (Å²) in [6, 6.07) is 16.6. The van der Waals surface area contributed by atoms with E-state index in [4.69, 9.17) is 4.74 Å². The lowest BCUT2D eigenvalue weighted by atomic mass is 9.82. The number of aliphatic imine (C=N–C) groups is 1. The topological polar surface area (TPSA) is 66.0 Å². The molecule has 6 heteroatoms. The highest BCUT2D eigenvalue weighted by atomic mass is 16.5. The molecule has 1 aliphatic rings. The highest BCUT2D eigenvalue weighted by Gasteiger charge is 2.28. The van der Waals surface area contributed by atoms with Crippen molar-refractivity contribution in [1.29, 1.82) is 0 Å². The average molecular weight is 409 g/mol. The second-order valence-corrected chi connectivity index (χ2v) is 7.85. The van der Waals surface area contributed by atoms with Gasteiger partial charge < -0.3 is 20.3 Å². The van der Waals surface area contributed by atoms with Gasteiger partial charge in [0.15, 0.2) is 5.96 Å². The van der Waals surface area contributed by atoms with E-state index in [2.05, 4.69) is 57.8 Å². The smallest absolute Gasteiger partial charge is 0.221 e. The summed E-state index contributed by atoms with van der Waals surface area (Å²) >= 11 is 0. The molecule has 2 atom stereocenters. The van der Waals surface area contributed by atoms with E-state index in [-0.39, 0.29) is 5.91 Å². The molecule has 2 aromatic carbocycles. The zero-order chi connectivity index (χ0) is 21.5. The molecule has 1 fully saturated rings. The molecule has 2 N–H and O–H groups in total. The molecule has 0 radical (unpaired) electrons. The molecular formula is C24H32N4O2. The van der Waals surface area contributed by atoms with Crippen LogP contribution in [-0.2, 0) is 11.3 Å². The Labute approximate surface area is 179 Å². The Morgan fingerprint density at radius 3 is 2.63 bits per heavy atom. The predicted molar refractivity (Wildman–Crippen MR) is 122 cm³/mol. The van der Waals surface area contributed by atoms with Gasteiger partial charge in [0.1, 0.15) is 5.75 Å². The van der Waals surface area contributed by atoms with E-state index in [1.165, 1.54) is 12.5 Å². The number of ether oxygens (including phenoxy) is 1. The van der Waals surface area contributed by atoms with Crippen molar-refractivity contribution in [2.45, 2.75) is 32.7 Å². The first-order valence-corrected chi connectivity index (χ1v) is 10.5. The molecule has 1 aliphatic heterocycles. The van der Waals surface area contributed by atoms with Crippen molar-refractivity contribution in [3.63, 3.8) is 0 Å². The van der Waals surface area contributed by atoms with Crippen LogP contribution >= 0.6 is 0 Å². The molecule has 0 aliphatic carbocycles. The summed E-state index contributed by atoms with van der Waals surface area (Å²) in [4.78, 5) is 18.3. The van der Waals surface area contributed by atoms with Crippen molar-refractivity contribution in [3.05, 3.63) is 59.7 Å². The molecule has 0 saturated carbocycles. The van der Waals surface area contributed by atoms with Crippen molar-refractivity contribution in [3.8, 4) is 5.75 Å². The summed E-state index contributed by atoms with van der Waals surface area (Å²) in [6.45, 7) is 6.38. The van der Waals surface area contributed by atoms with Crippen LogP contribution in [0.1, 0.15) is 37.3 Å². The summed E-state index contributed by atoms with van der Waals surface area (Å²) < 4.78 is 5.33. The number of methoxy groups -OCH3 is 1. The number of hydrogen-bond acceptors (Lipinski definition) is 3. The molecule has 0 spiro atoms. The lowest BCUT2D eigenvalue weighted by Crippen LogP contribution is -2.47. The number of benzene rings is 2. The van der Waals surface area contributed by atoms with Crippen molar-refractivity contribution >= 4 is 17.6 Å². The number of carbonyl (C=O) groups is 1. The van der Waals surface area contributed by atoms with Gasteiger partial charge in [-0.25, -0.2) is 0 Å². The van der Waals surface area contributed by atoms with Gasteiger partial charge in [0.25, 0.3) is 0 Å². The Morgan fingerprint density at radius 1 is 1.23 bits per heavy atom. The molecule has 1 heterocycles. The van der Waals surface area contributed by atoms with Gasteiger partial charge >= 0.3 is 0 Å². The fourth-order valence-corrected chi connectivity index (χ4v) is 4.20. The van der Waals surface area contributed by atoms with Crippen molar-refractivity contribution in [1.82, 2.24) is 10.2 Å². The third-order valence-electron chi connectivity index (χ3n) is 5.67. The Kier molecular flexibility index (Phi) is 7.33. The van der Waals surface area contributed by atoms with Gasteiger partial charge in [-0.3, -0.25) is 9.79 Å². The first kappa shape index (κ1) is 21.7. The number of rotatable bonds is 5. The van der Waals surface area contributed by atoms with Crippen LogP contribution in [0.15, 0.2) is 53.5 Å². The zero-order valence-corrected chi connectivity index (χ0v) is 18.3. The molecule has 1 saturated heterocycles. The minimum Gasteiger partial charge on any atom is -0.495 e. The maximum atomic E-state index is 11.5. The number of nitrogens with one attached hydrogen (secondary N) is 2. The van der Waals surface area contributed by atoms with E-state index < -0.39 is 0 Å². The lowest BCUT2D eigenvalue weighted by Gasteiger charge is -2.39. The molecular weight excluding hydrogens is 376 g/mol. The second-order valence-electron chi connectivity index (χ2n) is 7.85. The Balaban J connectivity index is 1.62. The van der Waals surface area contributed by atoms with Crippen molar-refractivity contribution < 1.29 is 9.53 Å². The number of nitrogens with zero attached hydrogens (tertiary/aromatic N) is 2.